The number of hydrogen-bond donors (Lipinski definition) is 2. The highest BCUT2D eigenvalue weighted by Gasteiger charge is 2.52. The lowest BCUT2D eigenvalue weighted by molar-refractivity contribution is -0.0503. The van der Waals surface area contributed by atoms with E-state index in [1.807, 2.05) is 12.1 Å². The van der Waals surface area contributed by atoms with Crippen LogP contribution in [-0.4, -0.2) is 50.8 Å². The van der Waals surface area contributed by atoms with Crippen LogP contribution < -0.4 is 10.0 Å². The monoisotopic (exact) mass is 473 g/mol. The predicted octanol–water partition coefficient (Wildman–Crippen LogP) is 4.14. The Labute approximate surface area is 190 Å². The maximum absolute atomic E-state index is 12.4. The first-order valence-electron chi connectivity index (χ1n) is 11.1. The Balaban J connectivity index is 1.61. The molecule has 1 saturated heterocycles. The van der Waals surface area contributed by atoms with E-state index < -0.39 is 10.0 Å². The molecule has 3 fully saturated rings. The zero-order chi connectivity index (χ0) is 21.6. The number of nitrogens with zero attached hydrogens (tertiary/aromatic N) is 1. The third kappa shape index (κ3) is 4.16. The Hall–Kier alpha value is -0.370. The molecule has 2 aliphatic carbocycles. The van der Waals surface area contributed by atoms with E-state index in [2.05, 4.69) is 34.9 Å². The van der Waals surface area contributed by atoms with E-state index >= 15 is 0 Å². The van der Waals surface area contributed by atoms with Crippen molar-refractivity contribution in [2.45, 2.75) is 69.2 Å². The van der Waals surface area contributed by atoms with Gasteiger partial charge in [0, 0.05) is 32.2 Å². The summed E-state index contributed by atoms with van der Waals surface area (Å²) >= 11 is 13.2. The van der Waals surface area contributed by atoms with Crippen molar-refractivity contribution >= 4 is 33.2 Å². The minimum absolute atomic E-state index is 0.0331. The average Bonchev–Trinajstić information content (AvgIpc) is 3.58. The number of nitrogens with one attached hydrogen (secondary N) is 2. The lowest BCUT2D eigenvalue weighted by atomic mass is 9.59. The number of piperazine rings is 1. The highest BCUT2D eigenvalue weighted by Crippen LogP contribution is 2.55. The van der Waals surface area contributed by atoms with E-state index in [4.69, 9.17) is 23.2 Å². The Bertz CT molecular complexity index is 876. The third-order valence-corrected chi connectivity index (χ3v) is 10.6. The van der Waals surface area contributed by atoms with Crippen LogP contribution in [0.2, 0.25) is 10.0 Å². The molecule has 1 unspecified atom stereocenters. The first-order valence-corrected chi connectivity index (χ1v) is 13.4. The van der Waals surface area contributed by atoms with Crippen LogP contribution in [0.4, 0.5) is 0 Å². The molecule has 3 aliphatic rings. The molecule has 2 N–H and O–H groups in total. The molecule has 1 aromatic carbocycles. The quantitative estimate of drug-likeness (QED) is 0.651. The maximum Gasteiger partial charge on any atom is 0.214 e. The minimum Gasteiger partial charge on any atom is -0.314 e. The summed E-state index contributed by atoms with van der Waals surface area (Å²) in [5.41, 5.74) is 0.760. The summed E-state index contributed by atoms with van der Waals surface area (Å²) in [5.74, 6) is 0. The summed E-state index contributed by atoms with van der Waals surface area (Å²) in [5, 5.41) is 4.51. The second kappa shape index (κ2) is 8.53. The second-order valence-electron chi connectivity index (χ2n) is 9.61. The van der Waals surface area contributed by atoms with Gasteiger partial charge in [-0.05, 0) is 62.5 Å². The van der Waals surface area contributed by atoms with Crippen molar-refractivity contribution < 1.29 is 8.42 Å². The highest BCUT2D eigenvalue weighted by atomic mass is 35.5. The molecule has 8 heteroatoms. The van der Waals surface area contributed by atoms with Crippen molar-refractivity contribution in [1.29, 1.82) is 0 Å². The number of sulfonamides is 1. The molecular weight excluding hydrogens is 441 g/mol. The van der Waals surface area contributed by atoms with Crippen LogP contribution in [0.3, 0.4) is 0 Å². The van der Waals surface area contributed by atoms with Gasteiger partial charge in [-0.1, -0.05) is 42.3 Å². The van der Waals surface area contributed by atoms with Gasteiger partial charge in [0.05, 0.1) is 20.8 Å². The first kappa shape index (κ1) is 22.8. The first-order chi connectivity index (χ1) is 14.2. The Morgan fingerprint density at radius 3 is 2.37 bits per heavy atom. The van der Waals surface area contributed by atoms with Crippen molar-refractivity contribution in [1.82, 2.24) is 14.9 Å². The van der Waals surface area contributed by atoms with E-state index in [1.54, 1.807) is 0 Å². The average molecular weight is 474 g/mol. The van der Waals surface area contributed by atoms with Gasteiger partial charge in [0.1, 0.15) is 0 Å². The lowest BCUT2D eigenvalue weighted by Gasteiger charge is -2.57. The summed E-state index contributed by atoms with van der Waals surface area (Å²) in [7, 11) is -3.15. The summed E-state index contributed by atoms with van der Waals surface area (Å²) in [6.45, 7) is 8.46. The van der Waals surface area contributed by atoms with Gasteiger partial charge in [0.2, 0.25) is 10.0 Å². The van der Waals surface area contributed by atoms with Crippen molar-refractivity contribution in [2.75, 3.05) is 26.2 Å². The van der Waals surface area contributed by atoms with E-state index in [0.29, 0.717) is 10.0 Å². The molecule has 0 bridgehead atoms. The number of benzene rings is 1. The molecule has 0 aromatic heterocycles. The normalized spacial score (nSPS) is 30.7. The Kier molecular flexibility index (Phi) is 6.48. The van der Waals surface area contributed by atoms with Gasteiger partial charge in [0.25, 0.3) is 0 Å². The topological polar surface area (TPSA) is 61.4 Å². The molecule has 4 rings (SSSR count). The largest absolute Gasteiger partial charge is 0.314 e. The van der Waals surface area contributed by atoms with Crippen LogP contribution in [0.15, 0.2) is 18.2 Å². The highest BCUT2D eigenvalue weighted by molar-refractivity contribution is 7.90. The van der Waals surface area contributed by atoms with Gasteiger partial charge in [0.15, 0.2) is 0 Å². The fraction of sp³-hybridized carbons (Fsp3) is 0.727. The molecule has 1 aliphatic heterocycles. The van der Waals surface area contributed by atoms with Gasteiger partial charge in [-0.25, -0.2) is 13.1 Å². The summed E-state index contributed by atoms with van der Waals surface area (Å²) in [6.07, 6.45) is 5.18. The zero-order valence-corrected chi connectivity index (χ0v) is 20.2. The fourth-order valence-electron chi connectivity index (χ4n) is 5.44. The van der Waals surface area contributed by atoms with Crippen molar-refractivity contribution in [3.8, 4) is 0 Å². The molecule has 0 amide bonds. The zero-order valence-electron chi connectivity index (χ0n) is 17.9. The van der Waals surface area contributed by atoms with E-state index in [-0.39, 0.29) is 22.2 Å². The smallest absolute Gasteiger partial charge is 0.214 e. The molecular formula is C22H33Cl2N3O2S. The second-order valence-corrected chi connectivity index (χ2v) is 12.4. The molecule has 1 heterocycles. The van der Waals surface area contributed by atoms with E-state index in [1.165, 1.54) is 0 Å². The lowest BCUT2D eigenvalue weighted by Crippen LogP contribution is -2.61. The Morgan fingerprint density at radius 1 is 1.13 bits per heavy atom. The molecule has 1 aromatic rings. The third-order valence-electron chi connectivity index (χ3n) is 7.78. The predicted molar refractivity (Wildman–Crippen MR) is 124 cm³/mol. The molecule has 1 atom stereocenters. The molecule has 2 saturated carbocycles. The van der Waals surface area contributed by atoms with Crippen LogP contribution in [0.25, 0.3) is 0 Å². The number of hydrogen-bond acceptors (Lipinski definition) is 4. The summed E-state index contributed by atoms with van der Waals surface area (Å²) in [6, 6.07) is 5.98. The maximum atomic E-state index is 12.4. The van der Waals surface area contributed by atoms with Gasteiger partial charge >= 0.3 is 0 Å². The van der Waals surface area contributed by atoms with Crippen molar-refractivity contribution in [2.24, 2.45) is 5.41 Å². The molecule has 0 spiro atoms. The van der Waals surface area contributed by atoms with Crippen LogP contribution >= 0.6 is 23.2 Å². The minimum atomic E-state index is -3.15. The van der Waals surface area contributed by atoms with Gasteiger partial charge < -0.3 is 5.32 Å². The van der Waals surface area contributed by atoms with Crippen LogP contribution in [0.5, 0.6) is 0 Å². The molecule has 168 valence electrons. The molecule has 5 nitrogen and oxygen atoms in total. The Morgan fingerprint density at radius 2 is 1.77 bits per heavy atom. The van der Waals surface area contributed by atoms with Crippen LogP contribution in [0.1, 0.15) is 57.9 Å². The van der Waals surface area contributed by atoms with E-state index in [0.717, 1.165) is 70.3 Å². The van der Waals surface area contributed by atoms with Gasteiger partial charge in [-0.2, -0.15) is 0 Å². The van der Waals surface area contributed by atoms with Crippen molar-refractivity contribution in [3.63, 3.8) is 0 Å². The molecule has 0 radical (unpaired) electrons. The summed E-state index contributed by atoms with van der Waals surface area (Å²) < 4.78 is 27.8. The van der Waals surface area contributed by atoms with Crippen LogP contribution in [-0.2, 0) is 15.6 Å². The standard InChI is InChI=1S/C22H33Cl2N3O2S/c1-21(10-8-16(9-11-21)26-30(28,29)17-6-7-17)22(2,27-14-12-25-13-15-27)18-4-3-5-19(23)20(18)24/h3-5,16-17,25-26H,6-15H2,1-2H3. The van der Waals surface area contributed by atoms with Gasteiger partial charge in [-0.3, -0.25) is 4.90 Å². The van der Waals surface area contributed by atoms with Crippen LogP contribution in [0, 0.1) is 5.41 Å². The molecule has 30 heavy (non-hydrogen) atoms. The SMILES string of the molecule is CC1(C(C)(c2cccc(Cl)c2Cl)N2CCNCC2)CCC(NS(=O)(=O)C2CC2)CC1. The van der Waals surface area contributed by atoms with Crippen molar-refractivity contribution in [3.05, 3.63) is 33.8 Å². The number of rotatable bonds is 6. The van der Waals surface area contributed by atoms with Gasteiger partial charge in [-0.15, -0.1) is 0 Å². The van der Waals surface area contributed by atoms with E-state index in [9.17, 15) is 8.42 Å². The fourth-order valence-corrected chi connectivity index (χ4v) is 7.57. The summed E-state index contributed by atoms with van der Waals surface area (Å²) in [4.78, 5) is 2.55. The number of halogens is 2.